The highest BCUT2D eigenvalue weighted by atomic mass is 28.4. The van der Waals surface area contributed by atoms with Gasteiger partial charge in [0.15, 0.2) is 8.32 Å². The highest BCUT2D eigenvalue weighted by Crippen LogP contribution is 2.36. The molecule has 27 heavy (non-hydrogen) atoms. The Morgan fingerprint density at radius 1 is 1.22 bits per heavy atom. The maximum absolute atomic E-state index is 13.7. The zero-order chi connectivity index (χ0) is 20.8. The van der Waals surface area contributed by atoms with Crippen molar-refractivity contribution in [2.75, 3.05) is 13.7 Å². The monoisotopic (exact) mass is 401 g/mol. The number of carbonyl (C=O) groups is 2. The normalized spacial score (nSPS) is 13.2. The highest BCUT2D eigenvalue weighted by Gasteiger charge is 2.37. The van der Waals surface area contributed by atoms with Gasteiger partial charge in [-0.2, -0.15) is 0 Å². The fourth-order valence-electron chi connectivity index (χ4n) is 2.12. The lowest BCUT2D eigenvalue weighted by molar-refractivity contribution is -0.145. The van der Waals surface area contributed by atoms with Gasteiger partial charge in [-0.3, -0.25) is 4.79 Å². The van der Waals surface area contributed by atoms with E-state index in [4.69, 9.17) is 9.16 Å². The summed E-state index contributed by atoms with van der Waals surface area (Å²) in [6, 6.07) is 2.11. The van der Waals surface area contributed by atoms with E-state index in [1.165, 1.54) is 13.2 Å². The number of amides is 1. The molecule has 152 valence electrons. The van der Waals surface area contributed by atoms with E-state index < -0.39 is 37.9 Å². The van der Waals surface area contributed by atoms with Crippen LogP contribution in [0, 0.1) is 11.6 Å². The lowest BCUT2D eigenvalue weighted by atomic mass is 10.1. The van der Waals surface area contributed by atoms with Gasteiger partial charge in [0.05, 0.1) is 13.5 Å². The second-order valence-corrected chi connectivity index (χ2v) is 12.8. The summed E-state index contributed by atoms with van der Waals surface area (Å²) in [6.07, 6.45) is -0.0560. The molecule has 8 heteroatoms. The Morgan fingerprint density at radius 3 is 2.37 bits per heavy atom. The van der Waals surface area contributed by atoms with Gasteiger partial charge in [0.2, 0.25) is 5.91 Å². The maximum Gasteiger partial charge on any atom is 0.328 e. The third-order valence-electron chi connectivity index (χ3n) is 4.86. The number of ether oxygens (including phenoxy) is 1. The Morgan fingerprint density at radius 2 is 1.85 bits per heavy atom. The minimum Gasteiger partial charge on any atom is -0.467 e. The molecule has 1 aromatic rings. The Bertz CT molecular complexity index is 674. The molecule has 0 heterocycles. The molecular weight excluding hydrogens is 372 g/mol. The van der Waals surface area contributed by atoms with Crippen LogP contribution in [0.3, 0.4) is 0 Å². The number of carbonyl (C=O) groups excluding carboxylic acids is 2. The first-order chi connectivity index (χ1) is 12.4. The van der Waals surface area contributed by atoms with E-state index in [0.717, 1.165) is 6.07 Å². The molecule has 0 aliphatic carbocycles. The van der Waals surface area contributed by atoms with Crippen molar-refractivity contribution < 1.29 is 27.5 Å². The van der Waals surface area contributed by atoms with Gasteiger partial charge in [-0.25, -0.2) is 13.6 Å². The van der Waals surface area contributed by atoms with E-state index in [1.807, 2.05) is 0 Å². The summed E-state index contributed by atoms with van der Waals surface area (Å²) in [6.45, 7) is 10.8. The van der Waals surface area contributed by atoms with Crippen molar-refractivity contribution in [3.8, 4) is 0 Å². The first kappa shape index (κ1) is 23.2. The molecule has 0 aromatic heterocycles. The van der Waals surface area contributed by atoms with Crippen LogP contribution in [-0.2, 0) is 25.2 Å². The van der Waals surface area contributed by atoms with Crippen LogP contribution in [0.25, 0.3) is 0 Å². The molecule has 1 N–H and O–H groups in total. The van der Waals surface area contributed by atoms with Crippen LogP contribution < -0.4 is 5.32 Å². The SMILES string of the molecule is COC(=O)[C@@H](CCO[Si](C)(C)C(C)(C)C)NC(=O)Cc1ccc(F)cc1F. The minimum absolute atomic E-state index is 0.0249. The molecule has 1 rings (SSSR count). The van der Waals surface area contributed by atoms with E-state index in [1.54, 1.807) is 0 Å². The van der Waals surface area contributed by atoms with E-state index in [2.05, 4.69) is 39.2 Å². The van der Waals surface area contributed by atoms with E-state index in [9.17, 15) is 18.4 Å². The maximum atomic E-state index is 13.7. The summed E-state index contributed by atoms with van der Waals surface area (Å²) < 4.78 is 37.4. The van der Waals surface area contributed by atoms with Crippen LogP contribution in [0.1, 0.15) is 32.8 Å². The predicted octanol–water partition coefficient (Wildman–Crippen LogP) is 3.58. The van der Waals surface area contributed by atoms with Crippen LogP contribution in [-0.4, -0.2) is 40.0 Å². The van der Waals surface area contributed by atoms with Gasteiger partial charge in [0, 0.05) is 19.1 Å². The smallest absolute Gasteiger partial charge is 0.328 e. The van der Waals surface area contributed by atoms with Crippen molar-refractivity contribution in [3.05, 3.63) is 35.4 Å². The molecule has 0 radical (unpaired) electrons. The van der Waals surface area contributed by atoms with Gasteiger partial charge >= 0.3 is 5.97 Å². The molecule has 0 saturated heterocycles. The third-order valence-corrected chi connectivity index (χ3v) is 9.40. The fraction of sp³-hybridized carbons (Fsp3) is 0.579. The lowest BCUT2D eigenvalue weighted by Gasteiger charge is -2.36. The van der Waals surface area contributed by atoms with Crippen molar-refractivity contribution in [1.29, 1.82) is 0 Å². The quantitative estimate of drug-likeness (QED) is 0.534. The number of nitrogens with one attached hydrogen (secondary N) is 1. The molecule has 0 saturated carbocycles. The zero-order valence-electron chi connectivity index (χ0n) is 16.8. The van der Waals surface area contributed by atoms with Crippen molar-refractivity contribution >= 4 is 20.2 Å². The lowest BCUT2D eigenvalue weighted by Crippen LogP contribution is -2.45. The molecule has 0 spiro atoms. The number of hydrogen-bond donors (Lipinski definition) is 1. The van der Waals surface area contributed by atoms with Crippen molar-refractivity contribution in [2.45, 2.75) is 57.8 Å². The van der Waals surface area contributed by atoms with Crippen molar-refractivity contribution in [3.63, 3.8) is 0 Å². The standard InChI is InChI=1S/C19H29F2NO4Si/c1-19(2,3)27(5,6)26-10-9-16(18(24)25-4)22-17(23)11-13-7-8-14(20)12-15(13)21/h7-8,12,16H,9-11H2,1-6H3,(H,22,23)/t16-/m1/s1. The number of halogens is 2. The van der Waals surface area contributed by atoms with Crippen molar-refractivity contribution in [1.82, 2.24) is 5.32 Å². The first-order valence-electron chi connectivity index (χ1n) is 8.82. The number of esters is 1. The van der Waals surface area contributed by atoms with Gasteiger partial charge in [-0.1, -0.05) is 26.8 Å². The molecule has 0 aliphatic heterocycles. The second-order valence-electron chi connectivity index (χ2n) is 7.95. The van der Waals surface area contributed by atoms with Crippen LogP contribution >= 0.6 is 0 Å². The van der Waals surface area contributed by atoms with Crippen molar-refractivity contribution in [2.24, 2.45) is 0 Å². The molecule has 1 atom stereocenters. The molecule has 0 bridgehead atoms. The Balaban J connectivity index is 2.69. The summed E-state index contributed by atoms with van der Waals surface area (Å²) in [5, 5.41) is 2.57. The van der Waals surface area contributed by atoms with Gasteiger partial charge in [0.1, 0.15) is 17.7 Å². The average molecular weight is 402 g/mol. The largest absolute Gasteiger partial charge is 0.467 e. The summed E-state index contributed by atoms with van der Waals surface area (Å²) in [7, 11) is -0.748. The first-order valence-corrected chi connectivity index (χ1v) is 11.7. The highest BCUT2D eigenvalue weighted by molar-refractivity contribution is 6.74. The Hall–Kier alpha value is -1.80. The summed E-state index contributed by atoms with van der Waals surface area (Å²) in [4.78, 5) is 24.1. The molecule has 0 fully saturated rings. The Kier molecular flexibility index (Phi) is 8.10. The number of hydrogen-bond acceptors (Lipinski definition) is 4. The van der Waals surface area contributed by atoms with Gasteiger partial charge < -0.3 is 14.5 Å². The third kappa shape index (κ3) is 7.02. The molecule has 1 amide bonds. The molecule has 5 nitrogen and oxygen atoms in total. The minimum atomic E-state index is -1.98. The van der Waals surface area contributed by atoms with Crippen LogP contribution in [0.5, 0.6) is 0 Å². The average Bonchev–Trinajstić information content (AvgIpc) is 2.54. The number of rotatable bonds is 8. The fourth-order valence-corrected chi connectivity index (χ4v) is 3.18. The van der Waals surface area contributed by atoms with Crippen LogP contribution in [0.15, 0.2) is 18.2 Å². The van der Waals surface area contributed by atoms with Gasteiger partial charge in [0.25, 0.3) is 0 Å². The predicted molar refractivity (Wildman–Crippen MR) is 102 cm³/mol. The number of methoxy groups -OCH3 is 1. The van der Waals surface area contributed by atoms with Gasteiger partial charge in [-0.15, -0.1) is 0 Å². The molecule has 1 aromatic carbocycles. The topological polar surface area (TPSA) is 64.6 Å². The molecule has 0 unspecified atom stereocenters. The summed E-state index contributed by atoms with van der Waals surface area (Å²) in [5.41, 5.74) is 0.0510. The number of benzene rings is 1. The van der Waals surface area contributed by atoms with E-state index in [0.29, 0.717) is 12.7 Å². The van der Waals surface area contributed by atoms with E-state index >= 15 is 0 Å². The molecule has 0 aliphatic rings. The summed E-state index contributed by atoms with van der Waals surface area (Å²) >= 11 is 0. The Labute approximate surface area is 160 Å². The van der Waals surface area contributed by atoms with Gasteiger partial charge in [-0.05, 0) is 29.8 Å². The van der Waals surface area contributed by atoms with E-state index in [-0.39, 0.29) is 23.4 Å². The zero-order valence-corrected chi connectivity index (χ0v) is 17.8. The molecular formula is C19H29F2NO4Si. The van der Waals surface area contributed by atoms with Crippen LogP contribution in [0.2, 0.25) is 18.1 Å². The summed E-state index contributed by atoms with van der Waals surface area (Å²) in [5.74, 6) is -2.67. The second kappa shape index (κ2) is 9.41. The van der Waals surface area contributed by atoms with Crippen LogP contribution in [0.4, 0.5) is 8.78 Å².